The maximum absolute atomic E-state index is 6.59. The molecule has 36 heavy (non-hydrogen) atoms. The van der Waals surface area contributed by atoms with Gasteiger partial charge in [0.05, 0.1) is 14.2 Å². The zero-order valence-corrected chi connectivity index (χ0v) is 21.0. The average molecular weight is 490 g/mol. The molecule has 1 saturated heterocycles. The van der Waals surface area contributed by atoms with Crippen molar-refractivity contribution in [3.05, 3.63) is 84.2 Å². The molecule has 3 aromatic rings. The Bertz CT molecular complexity index is 1120. The van der Waals surface area contributed by atoms with Crippen LogP contribution in [0.5, 0.6) is 11.5 Å². The summed E-state index contributed by atoms with van der Waals surface area (Å²) >= 11 is 0. The van der Waals surface area contributed by atoms with E-state index in [0.29, 0.717) is 29.6 Å². The summed E-state index contributed by atoms with van der Waals surface area (Å²) in [6, 6.07) is 22.0. The van der Waals surface area contributed by atoms with Gasteiger partial charge in [-0.05, 0) is 24.1 Å². The van der Waals surface area contributed by atoms with Crippen molar-refractivity contribution in [3.8, 4) is 11.5 Å². The number of piperazine rings is 1. The number of ether oxygens (including phenoxy) is 2. The summed E-state index contributed by atoms with van der Waals surface area (Å²) in [5, 5.41) is 5.81. The third-order valence-electron chi connectivity index (χ3n) is 6.54. The van der Waals surface area contributed by atoms with Gasteiger partial charge in [0.2, 0.25) is 0 Å². The average Bonchev–Trinajstić information content (AvgIpc) is 2.95. The molecule has 0 spiro atoms. The fraction of sp³-hybridized carbons (Fsp3) is 0.333. The number of hydrazone groups is 1. The van der Waals surface area contributed by atoms with Crippen LogP contribution in [0.15, 0.2) is 78.0 Å². The molecule has 4 N–H and O–H groups in total. The lowest BCUT2D eigenvalue weighted by molar-refractivity contribution is 0.207. The van der Waals surface area contributed by atoms with Gasteiger partial charge in [0.1, 0.15) is 11.7 Å². The highest BCUT2D eigenvalue weighted by molar-refractivity contribution is 5.88. The number of benzene rings is 2. The minimum atomic E-state index is -0.404. The quantitative estimate of drug-likeness (QED) is 0.205. The number of anilines is 1. The highest BCUT2D eigenvalue weighted by Gasteiger charge is 2.35. The lowest BCUT2D eigenvalue weighted by Gasteiger charge is -2.41. The maximum Gasteiger partial charge on any atom is 0.184 e. The van der Waals surface area contributed by atoms with Gasteiger partial charge in [0.25, 0.3) is 0 Å². The molecule has 2 aromatic carbocycles. The molecular formula is C27H35N7O2. The summed E-state index contributed by atoms with van der Waals surface area (Å²) in [6.07, 6.45) is 2.47. The van der Waals surface area contributed by atoms with Gasteiger partial charge in [-0.1, -0.05) is 48.5 Å². The number of hydrazine groups is 1. The Balaban J connectivity index is 1.62. The van der Waals surface area contributed by atoms with Gasteiger partial charge in [0, 0.05) is 50.7 Å². The third-order valence-corrected chi connectivity index (χ3v) is 6.54. The topological polar surface area (TPSA) is 105 Å². The summed E-state index contributed by atoms with van der Waals surface area (Å²) in [6.45, 7) is 3.78. The van der Waals surface area contributed by atoms with Crippen molar-refractivity contribution in [1.82, 2.24) is 14.9 Å². The fourth-order valence-corrected chi connectivity index (χ4v) is 4.65. The van der Waals surface area contributed by atoms with E-state index in [1.165, 1.54) is 11.3 Å². The Kier molecular flexibility index (Phi) is 8.59. The number of amidine groups is 1. The SMILES string of the molecule is COc1ccnc(C(/C(=N/N)N(N)CCc2ccccc2)N2CCN(c3ccccc3)CC2)c1OC. The van der Waals surface area contributed by atoms with Crippen LogP contribution >= 0.6 is 0 Å². The van der Waals surface area contributed by atoms with Gasteiger partial charge in [-0.25, -0.2) is 5.84 Å². The molecule has 0 amide bonds. The summed E-state index contributed by atoms with van der Waals surface area (Å²) in [5.41, 5.74) is 3.07. The Morgan fingerprint density at radius 1 is 0.972 bits per heavy atom. The molecule has 0 radical (unpaired) electrons. The van der Waals surface area contributed by atoms with Crippen LogP contribution in [0.4, 0.5) is 5.69 Å². The second kappa shape index (κ2) is 12.2. The molecule has 9 heteroatoms. The van der Waals surface area contributed by atoms with Crippen LogP contribution in [0.1, 0.15) is 17.3 Å². The van der Waals surface area contributed by atoms with Crippen molar-refractivity contribution in [2.45, 2.75) is 12.5 Å². The molecule has 1 aliphatic rings. The number of hydrogen-bond acceptors (Lipinski definition) is 8. The lowest BCUT2D eigenvalue weighted by atomic mass is 10.1. The molecule has 0 aliphatic carbocycles. The third kappa shape index (κ3) is 5.69. The largest absolute Gasteiger partial charge is 0.493 e. The van der Waals surface area contributed by atoms with Crippen LogP contribution in [0, 0.1) is 0 Å². The number of rotatable bonds is 9. The van der Waals surface area contributed by atoms with Gasteiger partial charge >= 0.3 is 0 Å². The molecule has 1 unspecified atom stereocenters. The Morgan fingerprint density at radius 2 is 1.64 bits per heavy atom. The Morgan fingerprint density at radius 3 is 2.25 bits per heavy atom. The van der Waals surface area contributed by atoms with Gasteiger partial charge in [-0.15, -0.1) is 0 Å². The summed E-state index contributed by atoms with van der Waals surface area (Å²) < 4.78 is 11.3. The molecule has 1 aliphatic heterocycles. The van der Waals surface area contributed by atoms with Crippen molar-refractivity contribution >= 4 is 11.5 Å². The minimum absolute atomic E-state index is 0.404. The van der Waals surface area contributed by atoms with E-state index in [9.17, 15) is 0 Å². The summed E-state index contributed by atoms with van der Waals surface area (Å²) in [4.78, 5) is 9.38. The second-order valence-electron chi connectivity index (χ2n) is 8.61. The zero-order valence-electron chi connectivity index (χ0n) is 21.0. The van der Waals surface area contributed by atoms with Crippen LogP contribution in [0.2, 0.25) is 0 Å². The van der Waals surface area contributed by atoms with E-state index in [0.717, 1.165) is 32.6 Å². The van der Waals surface area contributed by atoms with Crippen LogP contribution in [-0.2, 0) is 6.42 Å². The number of aromatic nitrogens is 1. The predicted octanol–water partition coefficient (Wildman–Crippen LogP) is 2.65. The fourth-order valence-electron chi connectivity index (χ4n) is 4.65. The number of para-hydroxylation sites is 1. The number of pyridine rings is 1. The number of nitrogens with zero attached hydrogens (tertiary/aromatic N) is 5. The smallest absolute Gasteiger partial charge is 0.184 e. The first kappa shape index (κ1) is 25.3. The van der Waals surface area contributed by atoms with E-state index in [4.69, 9.17) is 26.1 Å². The molecular weight excluding hydrogens is 454 g/mol. The Hall–Kier alpha value is -3.82. The van der Waals surface area contributed by atoms with Gasteiger partial charge in [0.15, 0.2) is 17.3 Å². The van der Waals surface area contributed by atoms with Crippen LogP contribution in [-0.4, -0.2) is 67.7 Å². The zero-order chi connectivity index (χ0) is 25.3. The van der Waals surface area contributed by atoms with Crippen molar-refractivity contribution in [2.75, 3.05) is 51.8 Å². The molecule has 2 heterocycles. The number of hydrogen-bond donors (Lipinski definition) is 2. The van der Waals surface area contributed by atoms with Gasteiger partial charge < -0.3 is 20.2 Å². The van der Waals surface area contributed by atoms with E-state index in [-0.39, 0.29) is 0 Å². The van der Waals surface area contributed by atoms with Gasteiger partial charge in [-0.3, -0.25) is 14.9 Å². The van der Waals surface area contributed by atoms with Crippen LogP contribution in [0.3, 0.4) is 0 Å². The molecule has 190 valence electrons. The van der Waals surface area contributed by atoms with E-state index in [1.54, 1.807) is 31.5 Å². The van der Waals surface area contributed by atoms with Crippen molar-refractivity contribution in [3.63, 3.8) is 0 Å². The number of methoxy groups -OCH3 is 2. The summed E-state index contributed by atoms with van der Waals surface area (Å²) in [7, 11) is 3.23. The Labute approximate surface area is 212 Å². The van der Waals surface area contributed by atoms with Crippen LogP contribution in [0.25, 0.3) is 0 Å². The first-order chi connectivity index (χ1) is 17.7. The molecule has 1 fully saturated rings. The standard InChI is InChI=1S/C27H35N7O2/c1-35-23-13-15-30-24(26(23)36-2)25(27(31-28)34(29)16-14-21-9-5-3-6-10-21)33-19-17-32(18-20-33)22-11-7-4-8-12-22/h3-13,15,25H,14,16-20,28-29H2,1-2H3/b31-27-. The monoisotopic (exact) mass is 489 g/mol. The number of nitrogens with two attached hydrogens (primary N) is 2. The van der Waals surface area contributed by atoms with Crippen molar-refractivity contribution in [1.29, 1.82) is 0 Å². The van der Waals surface area contributed by atoms with E-state index < -0.39 is 6.04 Å². The van der Waals surface area contributed by atoms with Gasteiger partial charge in [-0.2, -0.15) is 5.10 Å². The summed E-state index contributed by atoms with van der Waals surface area (Å²) in [5.74, 6) is 14.3. The molecule has 0 saturated carbocycles. The predicted molar refractivity (Wildman–Crippen MR) is 143 cm³/mol. The molecule has 1 atom stereocenters. The highest BCUT2D eigenvalue weighted by atomic mass is 16.5. The minimum Gasteiger partial charge on any atom is -0.493 e. The van der Waals surface area contributed by atoms with Crippen LogP contribution < -0.4 is 26.1 Å². The first-order valence-electron chi connectivity index (χ1n) is 12.1. The molecule has 4 rings (SSSR count). The van der Waals surface area contributed by atoms with E-state index >= 15 is 0 Å². The molecule has 9 nitrogen and oxygen atoms in total. The van der Waals surface area contributed by atoms with Crippen molar-refractivity contribution in [2.24, 2.45) is 16.8 Å². The van der Waals surface area contributed by atoms with E-state index in [1.807, 2.05) is 24.3 Å². The molecule has 0 bridgehead atoms. The van der Waals surface area contributed by atoms with E-state index in [2.05, 4.69) is 51.3 Å². The first-order valence-corrected chi connectivity index (χ1v) is 12.1. The lowest BCUT2D eigenvalue weighted by Crippen LogP contribution is -2.53. The normalized spacial score (nSPS) is 15.4. The second-order valence-corrected chi connectivity index (χ2v) is 8.61. The highest BCUT2D eigenvalue weighted by Crippen LogP contribution is 2.37. The maximum atomic E-state index is 6.59. The van der Waals surface area contributed by atoms with Crippen molar-refractivity contribution < 1.29 is 9.47 Å². The molecule has 1 aromatic heterocycles.